The van der Waals surface area contributed by atoms with Gasteiger partial charge in [0.1, 0.15) is 5.69 Å². The average molecular weight is 485 g/mol. The second-order valence-electron chi connectivity index (χ2n) is 8.89. The number of piperidine rings is 1. The highest BCUT2D eigenvalue weighted by Crippen LogP contribution is 2.31. The van der Waals surface area contributed by atoms with E-state index < -0.39 is 0 Å². The fraction of sp³-hybridized carbons (Fsp3) is 0.231. The van der Waals surface area contributed by atoms with E-state index in [1.807, 2.05) is 58.9 Å². The van der Waals surface area contributed by atoms with Crippen molar-refractivity contribution in [2.24, 2.45) is 0 Å². The number of fused-ring (bicyclic) bond motifs is 2. The first-order valence-electron chi connectivity index (χ1n) is 11.7. The highest BCUT2D eigenvalue weighted by atomic mass is 32.1. The quantitative estimate of drug-likeness (QED) is 0.336. The van der Waals surface area contributed by atoms with E-state index in [0.717, 1.165) is 45.2 Å². The third-order valence-electron chi connectivity index (χ3n) is 6.67. The number of H-pyrrole nitrogens is 2. The first-order chi connectivity index (χ1) is 17.1. The number of benzene rings is 2. The monoisotopic (exact) mass is 484 g/mol. The average Bonchev–Trinajstić information content (AvgIpc) is 3.64. The first-order valence-corrected chi connectivity index (χ1v) is 12.5. The van der Waals surface area contributed by atoms with Crippen molar-refractivity contribution in [3.05, 3.63) is 76.5 Å². The molecule has 0 saturated carbocycles. The maximum absolute atomic E-state index is 12.9. The molecule has 0 atom stereocenters. The number of nitrogens with zero attached hydrogens (tertiary/aromatic N) is 3. The SMILES string of the molecule is O=C(Nc1ccc2cn[nH]c2c1)c1csc(C2CCN(C(=O)Cc3c[nH]c4ccccc34)CC2)n1. The summed E-state index contributed by atoms with van der Waals surface area (Å²) in [5, 5.41) is 14.7. The Balaban J connectivity index is 1.05. The van der Waals surface area contributed by atoms with Crippen LogP contribution in [0, 0.1) is 0 Å². The highest BCUT2D eigenvalue weighted by molar-refractivity contribution is 7.10. The molecule has 0 spiro atoms. The van der Waals surface area contributed by atoms with Crippen LogP contribution in [0.3, 0.4) is 0 Å². The van der Waals surface area contributed by atoms with E-state index in [1.54, 1.807) is 6.20 Å². The lowest BCUT2D eigenvalue weighted by Gasteiger charge is -2.31. The van der Waals surface area contributed by atoms with Crippen LogP contribution in [-0.4, -0.2) is 50.0 Å². The number of aromatic amines is 2. The minimum absolute atomic E-state index is 0.154. The van der Waals surface area contributed by atoms with Crippen LogP contribution in [0.25, 0.3) is 21.8 Å². The van der Waals surface area contributed by atoms with Crippen LogP contribution < -0.4 is 5.32 Å². The molecule has 0 radical (unpaired) electrons. The van der Waals surface area contributed by atoms with E-state index >= 15 is 0 Å². The van der Waals surface area contributed by atoms with Gasteiger partial charge >= 0.3 is 0 Å². The molecule has 35 heavy (non-hydrogen) atoms. The third kappa shape index (κ3) is 4.30. The van der Waals surface area contributed by atoms with Gasteiger partial charge in [-0.3, -0.25) is 14.7 Å². The van der Waals surface area contributed by atoms with Gasteiger partial charge in [0.15, 0.2) is 0 Å². The van der Waals surface area contributed by atoms with Crippen LogP contribution in [0.15, 0.2) is 60.2 Å². The van der Waals surface area contributed by atoms with Crippen molar-refractivity contribution < 1.29 is 9.59 Å². The Morgan fingerprint density at radius 3 is 2.86 bits per heavy atom. The van der Waals surface area contributed by atoms with Crippen molar-refractivity contribution in [3.8, 4) is 0 Å². The summed E-state index contributed by atoms with van der Waals surface area (Å²) in [6.45, 7) is 1.41. The molecule has 0 aliphatic carbocycles. The van der Waals surface area contributed by atoms with Crippen LogP contribution >= 0.6 is 11.3 Å². The molecule has 3 aromatic heterocycles. The number of thiazole rings is 1. The molecule has 5 aromatic rings. The van der Waals surface area contributed by atoms with Crippen LogP contribution in [-0.2, 0) is 11.2 Å². The highest BCUT2D eigenvalue weighted by Gasteiger charge is 2.27. The summed E-state index contributed by atoms with van der Waals surface area (Å²) in [5.41, 5.74) is 4.08. The maximum atomic E-state index is 12.9. The molecule has 8 nitrogen and oxygen atoms in total. The van der Waals surface area contributed by atoms with Gasteiger partial charge < -0.3 is 15.2 Å². The summed E-state index contributed by atoms with van der Waals surface area (Å²) >= 11 is 1.52. The van der Waals surface area contributed by atoms with Gasteiger partial charge in [-0.15, -0.1) is 11.3 Å². The van der Waals surface area contributed by atoms with Crippen molar-refractivity contribution in [3.63, 3.8) is 0 Å². The Morgan fingerprint density at radius 2 is 1.97 bits per heavy atom. The number of carbonyl (C=O) groups excluding carboxylic acids is 2. The molecule has 2 amide bonds. The van der Waals surface area contributed by atoms with Gasteiger partial charge in [-0.2, -0.15) is 5.10 Å². The van der Waals surface area contributed by atoms with Gasteiger partial charge in [-0.05, 0) is 42.7 Å². The van der Waals surface area contributed by atoms with Crippen LogP contribution in [0.1, 0.15) is 39.8 Å². The molecule has 6 rings (SSSR count). The van der Waals surface area contributed by atoms with Crippen LogP contribution in [0.5, 0.6) is 0 Å². The Morgan fingerprint density at radius 1 is 1.11 bits per heavy atom. The van der Waals surface area contributed by atoms with E-state index in [9.17, 15) is 9.59 Å². The molecule has 1 saturated heterocycles. The zero-order chi connectivity index (χ0) is 23.8. The van der Waals surface area contributed by atoms with Crippen molar-refractivity contribution in [2.45, 2.75) is 25.2 Å². The Kier molecular flexibility index (Phi) is 5.54. The molecule has 1 aliphatic rings. The topological polar surface area (TPSA) is 107 Å². The predicted octanol–water partition coefficient (Wildman–Crippen LogP) is 4.70. The number of para-hydroxylation sites is 1. The summed E-state index contributed by atoms with van der Waals surface area (Å²) in [4.78, 5) is 35.5. The number of amides is 2. The molecule has 1 aliphatic heterocycles. The maximum Gasteiger partial charge on any atom is 0.275 e. The van der Waals surface area contributed by atoms with E-state index in [1.165, 1.54) is 11.3 Å². The summed E-state index contributed by atoms with van der Waals surface area (Å²) in [7, 11) is 0. The summed E-state index contributed by atoms with van der Waals surface area (Å²) in [5.74, 6) is 0.194. The molecule has 9 heteroatoms. The molecule has 3 N–H and O–H groups in total. The zero-order valence-electron chi connectivity index (χ0n) is 19.0. The Hall–Kier alpha value is -3.98. The van der Waals surface area contributed by atoms with Crippen LogP contribution in [0.2, 0.25) is 0 Å². The number of likely N-dealkylation sites (tertiary alicyclic amines) is 1. The largest absolute Gasteiger partial charge is 0.361 e. The van der Waals surface area contributed by atoms with Crippen molar-refractivity contribution in [1.29, 1.82) is 0 Å². The Bertz CT molecular complexity index is 1520. The van der Waals surface area contributed by atoms with Crippen molar-refractivity contribution >= 4 is 50.6 Å². The summed E-state index contributed by atoms with van der Waals surface area (Å²) < 4.78 is 0. The second-order valence-corrected chi connectivity index (χ2v) is 9.78. The molecule has 176 valence electrons. The van der Waals surface area contributed by atoms with E-state index in [4.69, 9.17) is 0 Å². The van der Waals surface area contributed by atoms with E-state index in [0.29, 0.717) is 30.9 Å². The molecular formula is C26H24N6O2S. The van der Waals surface area contributed by atoms with Gasteiger partial charge in [0.25, 0.3) is 5.91 Å². The lowest BCUT2D eigenvalue weighted by atomic mass is 9.97. The second kappa shape index (κ2) is 8.99. The fourth-order valence-electron chi connectivity index (χ4n) is 4.72. The number of nitrogens with one attached hydrogen (secondary N) is 3. The number of carbonyl (C=O) groups is 2. The number of hydrogen-bond acceptors (Lipinski definition) is 5. The van der Waals surface area contributed by atoms with Gasteiger partial charge in [-0.25, -0.2) is 4.98 Å². The van der Waals surface area contributed by atoms with Gasteiger partial charge in [0.2, 0.25) is 5.91 Å². The van der Waals surface area contributed by atoms with E-state index in [2.05, 4.69) is 25.5 Å². The smallest absolute Gasteiger partial charge is 0.275 e. The number of rotatable bonds is 5. The molecule has 1 fully saturated rings. The molecule has 0 unspecified atom stereocenters. The Labute approximate surface area is 205 Å². The molecule has 2 aromatic carbocycles. The minimum atomic E-state index is -0.224. The summed E-state index contributed by atoms with van der Waals surface area (Å²) in [6.07, 6.45) is 5.79. The summed E-state index contributed by atoms with van der Waals surface area (Å²) in [6, 6.07) is 13.7. The van der Waals surface area contributed by atoms with Gasteiger partial charge in [0, 0.05) is 52.6 Å². The third-order valence-corrected chi connectivity index (χ3v) is 7.68. The molecule has 0 bridgehead atoms. The van der Waals surface area contributed by atoms with Crippen molar-refractivity contribution in [1.82, 2.24) is 25.1 Å². The van der Waals surface area contributed by atoms with E-state index in [-0.39, 0.29) is 17.7 Å². The standard InChI is InChI=1S/C26H24N6O2S/c33-24(11-18-13-27-21-4-2-1-3-20(18)21)32-9-7-16(8-10-32)26-30-23(15-35-26)25(34)29-19-6-5-17-14-28-31-22(17)12-19/h1-6,12-16,27H,7-11H2,(H,28,31)(H,29,34). The number of anilines is 1. The normalized spacial score (nSPS) is 14.6. The first kappa shape index (κ1) is 21.5. The minimum Gasteiger partial charge on any atom is -0.361 e. The lowest BCUT2D eigenvalue weighted by molar-refractivity contribution is -0.131. The van der Waals surface area contributed by atoms with Crippen molar-refractivity contribution in [2.75, 3.05) is 18.4 Å². The van der Waals surface area contributed by atoms with Crippen LogP contribution in [0.4, 0.5) is 5.69 Å². The van der Waals surface area contributed by atoms with Gasteiger partial charge in [0.05, 0.1) is 23.1 Å². The number of hydrogen-bond donors (Lipinski definition) is 3. The fourth-order valence-corrected chi connectivity index (χ4v) is 5.69. The molecule has 4 heterocycles. The predicted molar refractivity (Wildman–Crippen MR) is 137 cm³/mol. The number of aromatic nitrogens is 4. The lowest BCUT2D eigenvalue weighted by Crippen LogP contribution is -2.38. The molecular weight excluding hydrogens is 460 g/mol. The zero-order valence-corrected chi connectivity index (χ0v) is 19.8. The van der Waals surface area contributed by atoms with Gasteiger partial charge in [-0.1, -0.05) is 18.2 Å².